The Hall–Kier alpha value is -4.14. The molecule has 0 bridgehead atoms. The summed E-state index contributed by atoms with van der Waals surface area (Å²) in [6, 6.07) is 11.5. The van der Waals surface area contributed by atoms with Gasteiger partial charge in [0.15, 0.2) is 0 Å². The fourth-order valence-electron chi connectivity index (χ4n) is 3.57. The van der Waals surface area contributed by atoms with E-state index in [2.05, 4.69) is 0 Å². The highest BCUT2D eigenvalue weighted by Crippen LogP contribution is 2.41. The second-order valence-corrected chi connectivity index (χ2v) is 6.49. The molecule has 1 aliphatic rings. The van der Waals surface area contributed by atoms with Crippen LogP contribution in [-0.4, -0.2) is 21.7 Å². The van der Waals surface area contributed by atoms with Gasteiger partial charge in [-0.25, -0.2) is 4.90 Å². The van der Waals surface area contributed by atoms with Crippen molar-refractivity contribution in [3.05, 3.63) is 85.4 Å². The average Bonchev–Trinajstić information content (AvgIpc) is 2.71. The van der Waals surface area contributed by atoms with Gasteiger partial charge >= 0.3 is 0 Å². The van der Waals surface area contributed by atoms with Crippen LogP contribution >= 0.6 is 0 Å². The number of carbonyl (C=O) groups is 2. The Morgan fingerprint density at radius 1 is 0.759 bits per heavy atom. The lowest BCUT2D eigenvalue weighted by Crippen LogP contribution is -2.40. The minimum absolute atomic E-state index is 0.00321. The number of carbonyl (C=O) groups excluding carboxylic acids is 2. The van der Waals surface area contributed by atoms with Crippen LogP contribution in [0.2, 0.25) is 0 Å². The lowest BCUT2D eigenvalue weighted by atomic mass is 9.91. The van der Waals surface area contributed by atoms with Crippen LogP contribution in [-0.2, 0) is 6.42 Å². The maximum absolute atomic E-state index is 13.1. The van der Waals surface area contributed by atoms with E-state index in [1.54, 1.807) is 24.3 Å². The number of non-ortho nitro benzene ring substituents is 2. The van der Waals surface area contributed by atoms with Gasteiger partial charge in [0.25, 0.3) is 23.2 Å². The number of amides is 2. The number of benzene rings is 3. The first-order valence-corrected chi connectivity index (χ1v) is 8.71. The molecule has 29 heavy (non-hydrogen) atoms. The molecule has 0 aliphatic carbocycles. The fourth-order valence-corrected chi connectivity index (χ4v) is 3.57. The van der Waals surface area contributed by atoms with Crippen molar-refractivity contribution in [1.29, 1.82) is 0 Å². The predicted octanol–water partition coefficient (Wildman–Crippen LogP) is 4.02. The van der Waals surface area contributed by atoms with Crippen molar-refractivity contribution in [3.8, 4) is 0 Å². The van der Waals surface area contributed by atoms with Gasteiger partial charge in [-0.05, 0) is 36.2 Å². The molecule has 0 fully saturated rings. The number of nitro benzene ring substituents is 2. The minimum Gasteiger partial charge on any atom is -0.268 e. The summed E-state index contributed by atoms with van der Waals surface area (Å²) >= 11 is 0. The van der Waals surface area contributed by atoms with Crippen LogP contribution in [0.15, 0.2) is 48.5 Å². The number of anilines is 1. The van der Waals surface area contributed by atoms with Gasteiger partial charge in [-0.2, -0.15) is 0 Å². The van der Waals surface area contributed by atoms with E-state index in [0.29, 0.717) is 5.69 Å². The van der Waals surface area contributed by atoms with Crippen LogP contribution in [0.4, 0.5) is 17.1 Å². The maximum atomic E-state index is 13.1. The van der Waals surface area contributed by atoms with Crippen LogP contribution in [0.25, 0.3) is 10.8 Å². The van der Waals surface area contributed by atoms with Crippen molar-refractivity contribution >= 4 is 39.6 Å². The Balaban J connectivity index is 2.01. The molecule has 0 saturated carbocycles. The van der Waals surface area contributed by atoms with Gasteiger partial charge in [-0.3, -0.25) is 29.8 Å². The number of hydrogen-bond donors (Lipinski definition) is 0. The summed E-state index contributed by atoms with van der Waals surface area (Å²) in [7, 11) is 0. The first-order chi connectivity index (χ1) is 13.8. The smallest absolute Gasteiger partial charge is 0.268 e. The lowest BCUT2D eigenvalue weighted by Gasteiger charge is -2.27. The quantitative estimate of drug-likeness (QED) is 0.376. The molecule has 144 valence electrons. The molecule has 2 amide bonds. The molecule has 1 aliphatic heterocycles. The zero-order valence-electron chi connectivity index (χ0n) is 15.1. The second-order valence-electron chi connectivity index (χ2n) is 6.49. The third-order valence-electron chi connectivity index (χ3n) is 4.98. The molecule has 4 rings (SSSR count). The van der Waals surface area contributed by atoms with Gasteiger partial charge in [0.2, 0.25) is 0 Å². The molecule has 0 saturated heterocycles. The highest BCUT2D eigenvalue weighted by atomic mass is 16.6. The summed E-state index contributed by atoms with van der Waals surface area (Å²) in [5, 5.41) is 22.5. The molecule has 0 radical (unpaired) electrons. The third kappa shape index (κ3) is 2.63. The first kappa shape index (κ1) is 18.2. The molecule has 0 spiro atoms. The van der Waals surface area contributed by atoms with Crippen LogP contribution in [0.1, 0.15) is 33.2 Å². The van der Waals surface area contributed by atoms with E-state index in [4.69, 9.17) is 0 Å². The largest absolute Gasteiger partial charge is 0.284 e. The number of rotatable bonds is 4. The van der Waals surface area contributed by atoms with Crippen LogP contribution in [0.3, 0.4) is 0 Å². The molecule has 1 heterocycles. The van der Waals surface area contributed by atoms with Gasteiger partial charge in [0, 0.05) is 28.6 Å². The molecule has 0 aromatic heterocycles. The van der Waals surface area contributed by atoms with Crippen molar-refractivity contribution in [3.63, 3.8) is 0 Å². The molecule has 0 N–H and O–H groups in total. The van der Waals surface area contributed by atoms with Gasteiger partial charge < -0.3 is 0 Å². The summed E-state index contributed by atoms with van der Waals surface area (Å²) in [5.74, 6) is -1.38. The zero-order valence-corrected chi connectivity index (χ0v) is 15.1. The van der Waals surface area contributed by atoms with Crippen LogP contribution in [0, 0.1) is 20.2 Å². The Morgan fingerprint density at radius 3 is 1.66 bits per heavy atom. The summed E-state index contributed by atoms with van der Waals surface area (Å²) in [4.78, 5) is 48.5. The molecule has 3 aromatic carbocycles. The molecule has 9 heteroatoms. The lowest BCUT2D eigenvalue weighted by molar-refractivity contribution is -0.390. The van der Waals surface area contributed by atoms with E-state index >= 15 is 0 Å². The average molecular weight is 391 g/mol. The minimum atomic E-state index is -0.763. The highest BCUT2D eigenvalue weighted by molar-refractivity contribution is 6.37. The summed E-state index contributed by atoms with van der Waals surface area (Å²) in [6.45, 7) is 1.98. The Morgan fingerprint density at radius 2 is 1.24 bits per heavy atom. The first-order valence-electron chi connectivity index (χ1n) is 8.71. The molecule has 9 nitrogen and oxygen atoms in total. The number of imide groups is 1. The van der Waals surface area contributed by atoms with Crippen molar-refractivity contribution in [2.75, 3.05) is 4.90 Å². The Bertz CT molecular complexity index is 1160. The van der Waals surface area contributed by atoms with Gasteiger partial charge in [-0.15, -0.1) is 0 Å². The second kappa shape index (κ2) is 6.48. The number of nitro groups is 2. The van der Waals surface area contributed by atoms with Crippen LogP contribution in [0.5, 0.6) is 0 Å². The van der Waals surface area contributed by atoms with E-state index in [0.717, 1.165) is 29.0 Å². The molecular formula is C20H13N3O6. The summed E-state index contributed by atoms with van der Waals surface area (Å²) in [6.07, 6.45) is 0.789. The van der Waals surface area contributed by atoms with E-state index in [-0.39, 0.29) is 21.9 Å². The van der Waals surface area contributed by atoms with Crippen molar-refractivity contribution < 1.29 is 19.4 Å². The van der Waals surface area contributed by atoms with Crippen molar-refractivity contribution in [2.45, 2.75) is 13.3 Å². The van der Waals surface area contributed by atoms with Gasteiger partial charge in [-0.1, -0.05) is 19.1 Å². The molecule has 3 aromatic rings. The van der Waals surface area contributed by atoms with E-state index in [1.165, 1.54) is 12.1 Å². The Kier molecular flexibility index (Phi) is 4.08. The van der Waals surface area contributed by atoms with Gasteiger partial charge in [0.1, 0.15) is 5.39 Å². The van der Waals surface area contributed by atoms with Crippen LogP contribution < -0.4 is 4.90 Å². The Labute approximate surface area is 163 Å². The monoisotopic (exact) mass is 391 g/mol. The summed E-state index contributed by atoms with van der Waals surface area (Å²) < 4.78 is 0. The number of hydrogen-bond acceptors (Lipinski definition) is 6. The maximum Gasteiger partial charge on any atom is 0.284 e. The third-order valence-corrected chi connectivity index (χ3v) is 4.98. The van der Waals surface area contributed by atoms with Crippen molar-refractivity contribution in [2.24, 2.45) is 0 Å². The van der Waals surface area contributed by atoms with E-state index in [1.807, 2.05) is 6.92 Å². The highest BCUT2D eigenvalue weighted by Gasteiger charge is 2.38. The van der Waals surface area contributed by atoms with E-state index in [9.17, 15) is 29.8 Å². The number of nitrogens with zero attached hydrogens (tertiary/aromatic N) is 3. The molecule has 0 unspecified atom stereocenters. The predicted molar refractivity (Wildman–Crippen MR) is 104 cm³/mol. The standard InChI is InChI=1S/C20H13N3O6/c1-2-11-3-5-12(6-4-11)21-19(24)13-7-9-15(22(26)27)18-16(23(28)29)10-8-14(17(13)18)20(21)25/h3-10H,2H2,1H3. The zero-order chi connectivity index (χ0) is 20.9. The van der Waals surface area contributed by atoms with E-state index < -0.39 is 33.0 Å². The normalized spacial score (nSPS) is 13.1. The molecular weight excluding hydrogens is 378 g/mol. The number of aryl methyl sites for hydroxylation is 1. The summed E-state index contributed by atoms with van der Waals surface area (Å²) in [5.41, 5.74) is 0.330. The van der Waals surface area contributed by atoms with Crippen molar-refractivity contribution in [1.82, 2.24) is 0 Å². The fraction of sp³-hybridized carbons (Fsp3) is 0.100. The molecule has 0 atom stereocenters. The SMILES string of the molecule is CCc1ccc(N2C(=O)c3ccc([N+](=O)[O-])c4c([N+](=O)[O-])ccc(c34)C2=O)cc1. The van der Waals surface area contributed by atoms with Gasteiger partial charge in [0.05, 0.1) is 15.5 Å². The topological polar surface area (TPSA) is 124 Å².